The van der Waals surface area contributed by atoms with E-state index in [9.17, 15) is 9.90 Å². The lowest BCUT2D eigenvalue weighted by molar-refractivity contribution is -0.141. The van der Waals surface area contributed by atoms with Crippen LogP contribution in [0.1, 0.15) is 18.5 Å². The molecule has 0 unspecified atom stereocenters. The number of aromatic hydroxyl groups is 2. The molecule has 2 atom stereocenters. The average Bonchev–Trinajstić information content (AvgIpc) is 2.55. The van der Waals surface area contributed by atoms with E-state index in [-0.39, 0.29) is 0 Å². The monoisotopic (exact) mass is 223 g/mol. The van der Waals surface area contributed by atoms with Gasteiger partial charge in [-0.1, -0.05) is 6.04 Å². The number of aliphatic carboxylic acids is 1. The van der Waals surface area contributed by atoms with Crippen LogP contribution in [0.25, 0.3) is 1.43 Å². The largest absolute Gasteiger partial charge is 0.504 e. The van der Waals surface area contributed by atoms with Crippen LogP contribution >= 0.6 is 0 Å². The fourth-order valence-electron chi connectivity index (χ4n) is 0.711. The second-order valence-corrected chi connectivity index (χ2v) is 2.39. The molecule has 1 aromatic carbocycles. The number of carboxylic acid groups (broad SMARTS) is 1. The summed E-state index contributed by atoms with van der Waals surface area (Å²) < 4.78 is 73.0. The van der Waals surface area contributed by atoms with Gasteiger partial charge in [-0.2, -0.15) is 0 Å². The van der Waals surface area contributed by atoms with Crippen molar-refractivity contribution in [2.24, 2.45) is 5.72 Å². The highest BCUT2D eigenvalue weighted by Crippen LogP contribution is 2.28. The van der Waals surface area contributed by atoms with E-state index in [0.717, 1.165) is 0 Å². The minimum Gasteiger partial charge on any atom is -0.504 e. The van der Waals surface area contributed by atoms with Gasteiger partial charge in [0.05, 0.1) is 6.85 Å². The van der Waals surface area contributed by atoms with Crippen molar-refractivity contribution in [3.63, 3.8) is 0 Å². The standard InChI is InChI=1S/C9H11NO5/c10-7(9(14)15)8(13)4-1-2-5(11)6(12)3-4/h1-3,7-8,11-13H,10H2,(H,14,15)/t7-,8+/m0/s1/i1D,2D,3D,7D,8D/hD5. The van der Waals surface area contributed by atoms with E-state index in [4.69, 9.17) is 14.0 Å². The van der Waals surface area contributed by atoms with Crippen molar-refractivity contribution in [2.45, 2.75) is 12.1 Å². The molecule has 0 aromatic heterocycles. The summed E-state index contributed by atoms with van der Waals surface area (Å²) in [6.45, 7) is 0. The number of nitrogens with two attached hydrogens (primary N) is 1. The van der Waals surface area contributed by atoms with Gasteiger partial charge in [0, 0.05) is 0 Å². The summed E-state index contributed by atoms with van der Waals surface area (Å²) in [4.78, 5) is 11.6. The number of aliphatic hydroxyl groups is 1. The molecule has 0 saturated carbocycles. The second-order valence-electron chi connectivity index (χ2n) is 2.39. The molecule has 0 aliphatic carbocycles. The molecule has 0 fully saturated rings. The molecule has 0 aliphatic rings. The number of benzene rings is 1. The minimum absolute atomic E-state index is 0.782. The van der Waals surface area contributed by atoms with Crippen molar-refractivity contribution in [3.8, 4) is 11.5 Å². The molecule has 1 rings (SSSR count). The molecule has 0 saturated heterocycles. The van der Waals surface area contributed by atoms with Crippen LogP contribution in [0, 0.1) is 0 Å². The van der Waals surface area contributed by atoms with Gasteiger partial charge in [-0.15, -0.1) is 0 Å². The Morgan fingerprint density at radius 3 is 3.00 bits per heavy atom. The number of carbonyl (C=O) groups is 1. The maximum atomic E-state index is 11.6. The lowest BCUT2D eigenvalue weighted by Crippen LogP contribution is -2.36. The first-order chi connectivity index (χ1) is 11.4. The van der Waals surface area contributed by atoms with E-state index in [2.05, 4.69) is 15.3 Å². The fourth-order valence-corrected chi connectivity index (χ4v) is 0.711. The third-order valence-electron chi connectivity index (χ3n) is 1.40. The van der Waals surface area contributed by atoms with Crippen molar-refractivity contribution >= 4 is 5.97 Å². The van der Waals surface area contributed by atoms with Crippen molar-refractivity contribution in [2.75, 3.05) is 0 Å². The van der Waals surface area contributed by atoms with E-state index in [1.54, 1.807) is 0 Å². The number of hydrogen-bond acceptors (Lipinski definition) is 6. The molecule has 0 spiro atoms. The summed E-state index contributed by atoms with van der Waals surface area (Å²) >= 11 is 0. The fraction of sp³-hybridized carbons (Fsp3) is 0.222. The smallest absolute Gasteiger partial charge is 0.323 e. The van der Waals surface area contributed by atoms with Gasteiger partial charge in [0.1, 0.15) is 14.9 Å². The zero-order valence-corrected chi connectivity index (χ0v) is 7.03. The zero-order valence-electron chi connectivity index (χ0n) is 17.0. The molecule has 6 heteroatoms. The molecule has 0 heterocycles. The van der Waals surface area contributed by atoms with E-state index >= 15 is 0 Å². The lowest BCUT2D eigenvalue weighted by atomic mass is 10.0. The highest BCUT2D eigenvalue weighted by molar-refractivity contribution is 5.74. The van der Waals surface area contributed by atoms with E-state index in [1.165, 1.54) is 0 Å². The van der Waals surface area contributed by atoms with Gasteiger partial charge in [-0.05, 0) is 17.6 Å². The Morgan fingerprint density at radius 1 is 1.60 bits per heavy atom. The predicted octanol–water partition coefficient (Wildman–Crippen LogP) is -0.457. The molecule has 0 amide bonds. The van der Waals surface area contributed by atoms with E-state index in [0.29, 0.717) is 0 Å². The maximum absolute atomic E-state index is 11.6. The van der Waals surface area contributed by atoms with Gasteiger partial charge in [0.2, 0.25) is 0 Å². The topological polar surface area (TPSA) is 124 Å². The number of carboxylic acids is 1. The third-order valence-corrected chi connectivity index (χ3v) is 1.40. The van der Waals surface area contributed by atoms with Crippen LogP contribution in [0.5, 0.6) is 11.5 Å². The average molecular weight is 223 g/mol. The number of phenolic OH excluding ortho intramolecular Hbond substituents is 2. The van der Waals surface area contributed by atoms with Gasteiger partial charge < -0.3 is 26.2 Å². The molecule has 1 aromatic rings. The summed E-state index contributed by atoms with van der Waals surface area (Å²) in [5.74, 6) is -3.92. The molecular weight excluding hydrogens is 202 g/mol. The van der Waals surface area contributed by atoms with Crippen molar-refractivity contribution < 1.29 is 34.9 Å². The van der Waals surface area contributed by atoms with Gasteiger partial charge >= 0.3 is 5.97 Å². The summed E-state index contributed by atoms with van der Waals surface area (Å²) in [5, 5.41) is 21.8. The highest BCUT2D eigenvalue weighted by Gasteiger charge is 2.24. The molecule has 0 radical (unpaired) electrons. The molecule has 6 N–H and O–H groups in total. The Morgan fingerprint density at radius 2 is 2.40 bits per heavy atom. The van der Waals surface area contributed by atoms with Crippen molar-refractivity contribution in [1.82, 2.24) is 0 Å². The van der Waals surface area contributed by atoms with Crippen LogP contribution in [0.4, 0.5) is 0 Å². The van der Waals surface area contributed by atoms with Gasteiger partial charge in [0.25, 0.3) is 4.29 Å². The zero-order chi connectivity index (χ0) is 19.7. The first kappa shape index (κ1) is 3.66. The Balaban J connectivity index is 3.91. The Bertz CT molecular complexity index is 685. The summed E-state index contributed by atoms with van der Waals surface area (Å²) in [7, 11) is 0. The molecule has 0 aliphatic heterocycles. The minimum atomic E-state index is -3.76. The van der Waals surface area contributed by atoms with Crippen LogP contribution < -0.4 is 5.72 Å². The van der Waals surface area contributed by atoms with E-state index in [1.807, 2.05) is 0 Å². The highest BCUT2D eigenvalue weighted by atomic mass is 16.4. The van der Waals surface area contributed by atoms with Crippen LogP contribution in [0.15, 0.2) is 18.1 Å². The first-order valence-electron chi connectivity index (χ1n) is 8.13. The summed E-state index contributed by atoms with van der Waals surface area (Å²) in [5.41, 5.74) is -2.05. The normalized spacial score (nSPS) is 27.6. The van der Waals surface area contributed by atoms with Crippen LogP contribution in [-0.2, 0) is 4.79 Å². The first-order valence-corrected chi connectivity index (χ1v) is 3.51. The Hall–Kier alpha value is -1.79. The van der Waals surface area contributed by atoms with Crippen molar-refractivity contribution in [1.29, 1.82) is 4.29 Å². The summed E-state index contributed by atoms with van der Waals surface area (Å²) in [6.07, 6.45) is -3.76. The molecule has 0 bridgehead atoms. The number of rotatable bonds is 6. The summed E-state index contributed by atoms with van der Waals surface area (Å²) in [6, 6.07) is -7.04. The number of phenols is 2. The molecular formula is C9H11NO5. The SMILES string of the molecule is [2H]OC(=O)[C@@]([2H])(N([2H])[2H])[C@]([2H])(O)c1c([2H])c([2H])c(O[2H])c(O[2H])c1[2H]. The Kier molecular flexibility index (Phi) is 1.01. The maximum Gasteiger partial charge on any atom is 0.323 e. The lowest BCUT2D eigenvalue weighted by Gasteiger charge is -2.15. The van der Waals surface area contributed by atoms with Crippen LogP contribution in [0.3, 0.4) is 0 Å². The second kappa shape index (κ2) is 4.16. The van der Waals surface area contributed by atoms with Gasteiger partial charge in [0.15, 0.2) is 11.5 Å². The third kappa shape index (κ3) is 2.36. The predicted molar refractivity (Wildman–Crippen MR) is 50.3 cm³/mol. The number of hydrogen-bond donors (Lipinski definition) is 5. The van der Waals surface area contributed by atoms with Gasteiger partial charge in [-0.25, -0.2) is 0 Å². The molecule has 6 nitrogen and oxygen atoms in total. The van der Waals surface area contributed by atoms with Crippen LogP contribution in [0.2, 0.25) is 2.82 Å². The Labute approximate surface area is 99.6 Å². The van der Waals surface area contributed by atoms with E-state index < -0.39 is 59.0 Å². The quantitative estimate of drug-likeness (QED) is 0.416. The van der Waals surface area contributed by atoms with Crippen molar-refractivity contribution in [3.05, 3.63) is 23.7 Å². The molecule has 15 heavy (non-hydrogen) atoms. The van der Waals surface area contributed by atoms with Crippen LogP contribution in [-0.4, -0.2) is 35.3 Å². The van der Waals surface area contributed by atoms with Gasteiger partial charge in [-0.3, -0.25) is 4.79 Å². The molecule has 82 valence electrons.